The molecule has 0 radical (unpaired) electrons. The van der Waals surface area contributed by atoms with Crippen molar-refractivity contribution in [3.63, 3.8) is 0 Å². The normalized spacial score (nSPS) is 10.9. The van der Waals surface area contributed by atoms with Crippen LogP contribution in [0.15, 0.2) is 16.5 Å². The monoisotopic (exact) mass is 267 g/mol. The lowest BCUT2D eigenvalue weighted by molar-refractivity contribution is 0.895. The number of hydrogen-bond donors (Lipinski definition) is 1. The van der Waals surface area contributed by atoms with Crippen molar-refractivity contribution in [3.05, 3.63) is 11.4 Å². The average Bonchev–Trinajstić information content (AvgIpc) is 2.78. The largest absolute Gasteiger partial charge is 0.354 e. The number of hydrogen-bond acceptors (Lipinski definition) is 5. The Kier molecular flexibility index (Phi) is 4.62. The van der Waals surface area contributed by atoms with Gasteiger partial charge in [0, 0.05) is 11.9 Å². The fraction of sp³-hybridized carbons (Fsp3) is 0.500. The first-order valence-electron chi connectivity index (χ1n) is 5.97. The number of fused-ring (bicyclic) bond motifs is 1. The molecule has 0 unspecified atom stereocenters. The van der Waals surface area contributed by atoms with Crippen molar-refractivity contribution < 1.29 is 0 Å². The Hall–Kier alpha value is -0.810. The van der Waals surface area contributed by atoms with E-state index in [4.69, 9.17) is 0 Å². The van der Waals surface area contributed by atoms with Gasteiger partial charge in [-0.2, -0.15) is 0 Å². The van der Waals surface area contributed by atoms with Crippen LogP contribution in [0.4, 0.5) is 5.95 Å². The highest BCUT2D eigenvalue weighted by Crippen LogP contribution is 2.30. The molecule has 0 fully saturated rings. The second kappa shape index (κ2) is 6.21. The van der Waals surface area contributed by atoms with Gasteiger partial charge in [0.2, 0.25) is 5.95 Å². The molecule has 2 rings (SSSR count). The molecule has 0 saturated carbocycles. The van der Waals surface area contributed by atoms with Crippen molar-refractivity contribution in [3.8, 4) is 0 Å². The van der Waals surface area contributed by atoms with Crippen LogP contribution in [0.25, 0.3) is 10.2 Å². The molecule has 2 heterocycles. The molecule has 0 amide bonds. The third kappa shape index (κ3) is 3.10. The van der Waals surface area contributed by atoms with Gasteiger partial charge in [-0.15, -0.1) is 23.1 Å². The van der Waals surface area contributed by atoms with Gasteiger partial charge in [0.05, 0.1) is 0 Å². The third-order valence-corrected chi connectivity index (χ3v) is 4.25. The average molecular weight is 267 g/mol. The molecule has 2 aromatic heterocycles. The van der Waals surface area contributed by atoms with Crippen molar-refractivity contribution >= 4 is 39.3 Å². The predicted molar refractivity (Wildman–Crippen MR) is 77.2 cm³/mol. The maximum absolute atomic E-state index is 4.58. The van der Waals surface area contributed by atoms with Gasteiger partial charge in [0.25, 0.3) is 0 Å². The summed E-state index contributed by atoms with van der Waals surface area (Å²) in [6.07, 6.45) is 2.46. The van der Waals surface area contributed by atoms with Crippen LogP contribution in [0, 0.1) is 0 Å². The number of rotatable bonds is 6. The lowest BCUT2D eigenvalue weighted by atomic mass is 10.4. The molecule has 17 heavy (non-hydrogen) atoms. The summed E-state index contributed by atoms with van der Waals surface area (Å²) >= 11 is 3.51. The third-order valence-electron chi connectivity index (χ3n) is 2.36. The predicted octanol–water partition coefficient (Wildman–Crippen LogP) is 4.02. The van der Waals surface area contributed by atoms with Crippen LogP contribution in [0.2, 0.25) is 0 Å². The Morgan fingerprint density at radius 2 is 2.24 bits per heavy atom. The summed E-state index contributed by atoms with van der Waals surface area (Å²) in [5.41, 5.74) is 0. The summed E-state index contributed by atoms with van der Waals surface area (Å²) in [6, 6.07) is 2.12. The Morgan fingerprint density at radius 3 is 3.00 bits per heavy atom. The number of nitrogens with one attached hydrogen (secondary N) is 1. The number of anilines is 1. The summed E-state index contributed by atoms with van der Waals surface area (Å²) < 4.78 is 0. The summed E-state index contributed by atoms with van der Waals surface area (Å²) in [5.74, 6) is 1.88. The second-order valence-corrected chi connectivity index (χ2v) is 5.70. The van der Waals surface area contributed by atoms with E-state index in [1.807, 2.05) is 11.8 Å². The summed E-state index contributed by atoms with van der Waals surface area (Å²) in [6.45, 7) is 5.13. The molecule has 2 aromatic rings. The van der Waals surface area contributed by atoms with Gasteiger partial charge in [-0.1, -0.05) is 13.3 Å². The highest BCUT2D eigenvalue weighted by molar-refractivity contribution is 7.99. The number of unbranched alkanes of at least 4 members (excludes halogenated alkanes) is 1. The van der Waals surface area contributed by atoms with Crippen molar-refractivity contribution in [1.29, 1.82) is 0 Å². The Morgan fingerprint density at radius 1 is 1.35 bits per heavy atom. The molecule has 3 nitrogen and oxygen atoms in total. The van der Waals surface area contributed by atoms with Crippen LogP contribution < -0.4 is 5.32 Å². The molecule has 0 aliphatic carbocycles. The Bertz CT molecular complexity index is 482. The molecule has 0 bridgehead atoms. The van der Waals surface area contributed by atoms with Crippen LogP contribution in [0.3, 0.4) is 0 Å². The Labute approximate surface area is 110 Å². The van der Waals surface area contributed by atoms with Crippen LogP contribution >= 0.6 is 23.1 Å². The van der Waals surface area contributed by atoms with E-state index >= 15 is 0 Å². The van der Waals surface area contributed by atoms with Crippen molar-refractivity contribution in [1.82, 2.24) is 9.97 Å². The molecule has 0 spiro atoms. The molecule has 5 heteroatoms. The van der Waals surface area contributed by atoms with Crippen LogP contribution in [0.5, 0.6) is 0 Å². The molecule has 0 saturated heterocycles. The SMILES string of the molecule is CCCCSc1nc(NCC)nc2sccc12. The van der Waals surface area contributed by atoms with Crippen LogP contribution in [-0.4, -0.2) is 22.3 Å². The van der Waals surface area contributed by atoms with Gasteiger partial charge in [0.1, 0.15) is 9.86 Å². The fourth-order valence-corrected chi connectivity index (χ4v) is 3.41. The minimum absolute atomic E-state index is 0.751. The smallest absolute Gasteiger partial charge is 0.225 e. The van der Waals surface area contributed by atoms with Gasteiger partial charge in [0.15, 0.2) is 0 Å². The molecular formula is C12H17N3S2. The van der Waals surface area contributed by atoms with Gasteiger partial charge >= 0.3 is 0 Å². The van der Waals surface area contributed by atoms with Gasteiger partial charge in [-0.05, 0) is 30.5 Å². The summed E-state index contributed by atoms with van der Waals surface area (Å²) in [4.78, 5) is 10.2. The summed E-state index contributed by atoms with van der Waals surface area (Å²) in [7, 11) is 0. The Balaban J connectivity index is 2.26. The topological polar surface area (TPSA) is 37.8 Å². The van der Waals surface area contributed by atoms with E-state index in [0.29, 0.717) is 0 Å². The first-order chi connectivity index (χ1) is 8.35. The summed E-state index contributed by atoms with van der Waals surface area (Å²) in [5, 5.41) is 7.58. The lowest BCUT2D eigenvalue weighted by Crippen LogP contribution is -2.02. The molecule has 0 atom stereocenters. The minimum atomic E-state index is 0.751. The molecule has 0 aromatic carbocycles. The van der Waals surface area contributed by atoms with E-state index in [2.05, 4.69) is 40.6 Å². The zero-order valence-electron chi connectivity index (χ0n) is 10.2. The highest BCUT2D eigenvalue weighted by Gasteiger charge is 2.08. The van der Waals surface area contributed by atoms with Crippen LogP contribution in [-0.2, 0) is 0 Å². The number of thioether (sulfide) groups is 1. The van der Waals surface area contributed by atoms with Crippen molar-refractivity contribution in [2.24, 2.45) is 0 Å². The fourth-order valence-electron chi connectivity index (χ4n) is 1.49. The first-order valence-corrected chi connectivity index (χ1v) is 7.83. The van der Waals surface area contributed by atoms with Gasteiger partial charge in [-0.3, -0.25) is 0 Å². The van der Waals surface area contributed by atoms with E-state index in [1.54, 1.807) is 11.3 Å². The van der Waals surface area contributed by atoms with E-state index in [1.165, 1.54) is 18.2 Å². The maximum Gasteiger partial charge on any atom is 0.225 e. The number of nitrogens with zero attached hydrogens (tertiary/aromatic N) is 2. The first kappa shape index (κ1) is 12.6. The maximum atomic E-state index is 4.58. The van der Waals surface area contributed by atoms with E-state index in [-0.39, 0.29) is 0 Å². The quantitative estimate of drug-likeness (QED) is 0.487. The molecule has 0 aliphatic rings. The molecule has 0 aliphatic heterocycles. The van der Waals surface area contributed by atoms with E-state index in [9.17, 15) is 0 Å². The van der Waals surface area contributed by atoms with Gasteiger partial charge < -0.3 is 5.32 Å². The highest BCUT2D eigenvalue weighted by atomic mass is 32.2. The number of aromatic nitrogens is 2. The zero-order chi connectivity index (χ0) is 12.1. The lowest BCUT2D eigenvalue weighted by Gasteiger charge is -2.06. The van der Waals surface area contributed by atoms with Crippen LogP contribution in [0.1, 0.15) is 26.7 Å². The van der Waals surface area contributed by atoms with E-state index in [0.717, 1.165) is 28.1 Å². The molecule has 1 N–H and O–H groups in total. The van der Waals surface area contributed by atoms with Crippen molar-refractivity contribution in [2.45, 2.75) is 31.7 Å². The van der Waals surface area contributed by atoms with E-state index < -0.39 is 0 Å². The molecular weight excluding hydrogens is 250 g/mol. The molecule has 92 valence electrons. The zero-order valence-corrected chi connectivity index (χ0v) is 11.8. The van der Waals surface area contributed by atoms with Gasteiger partial charge in [-0.25, -0.2) is 9.97 Å². The minimum Gasteiger partial charge on any atom is -0.354 e. The number of thiophene rings is 1. The standard InChI is InChI=1S/C12H17N3S2/c1-3-5-7-16-10-9-6-8-17-11(9)15-12(14-10)13-4-2/h6,8H,3-5,7H2,1-2H3,(H,13,14,15). The van der Waals surface area contributed by atoms with Crippen molar-refractivity contribution in [2.75, 3.05) is 17.6 Å². The second-order valence-electron chi connectivity index (χ2n) is 3.72.